The molecule has 1 aliphatic carbocycles. The van der Waals surface area contributed by atoms with Gasteiger partial charge < -0.3 is 14.9 Å². The van der Waals surface area contributed by atoms with Gasteiger partial charge in [0.1, 0.15) is 6.54 Å². The zero-order chi connectivity index (χ0) is 13.0. The summed E-state index contributed by atoms with van der Waals surface area (Å²) in [4.78, 5) is 25.9. The molecule has 1 fully saturated rings. The van der Waals surface area contributed by atoms with E-state index in [9.17, 15) is 9.59 Å². The Balaban J connectivity index is 2.48. The molecule has 5 heteroatoms. The molecule has 0 aliphatic heterocycles. The van der Waals surface area contributed by atoms with E-state index in [4.69, 9.17) is 5.11 Å². The number of hydrogen-bond donors (Lipinski definition) is 1. The molecule has 17 heavy (non-hydrogen) atoms. The van der Waals surface area contributed by atoms with Crippen LogP contribution in [0, 0.1) is 5.92 Å². The Morgan fingerprint density at radius 2 is 1.94 bits per heavy atom. The van der Waals surface area contributed by atoms with Crippen molar-refractivity contribution < 1.29 is 14.7 Å². The molecule has 0 heterocycles. The van der Waals surface area contributed by atoms with Gasteiger partial charge in [-0.3, -0.25) is 4.79 Å². The predicted octanol–water partition coefficient (Wildman–Crippen LogP) is 1.63. The third kappa shape index (κ3) is 4.63. The van der Waals surface area contributed by atoms with E-state index in [-0.39, 0.29) is 18.6 Å². The second-order valence-electron chi connectivity index (χ2n) is 5.14. The van der Waals surface area contributed by atoms with Crippen molar-refractivity contribution in [2.24, 2.45) is 5.92 Å². The highest BCUT2D eigenvalue weighted by molar-refractivity contribution is 5.80. The largest absolute Gasteiger partial charge is 0.480 e. The number of rotatable bonds is 6. The average molecular weight is 242 g/mol. The van der Waals surface area contributed by atoms with E-state index in [1.165, 1.54) is 4.90 Å². The molecular formula is C12H22N2O3. The van der Waals surface area contributed by atoms with Gasteiger partial charge in [-0.15, -0.1) is 0 Å². The number of hydrogen-bond acceptors (Lipinski definition) is 2. The monoisotopic (exact) mass is 242 g/mol. The summed E-state index contributed by atoms with van der Waals surface area (Å²) in [5.41, 5.74) is 0. The SMILES string of the molecule is CC(C)CCN(C)C(=O)N(CC(=O)O)C1CC1. The number of carboxylic acid groups (broad SMARTS) is 1. The molecule has 1 rings (SSSR count). The molecule has 0 aromatic carbocycles. The summed E-state index contributed by atoms with van der Waals surface area (Å²) in [5.74, 6) is -0.401. The molecule has 0 unspecified atom stereocenters. The van der Waals surface area contributed by atoms with E-state index >= 15 is 0 Å². The second kappa shape index (κ2) is 5.89. The van der Waals surface area contributed by atoms with Crippen LogP contribution in [0.3, 0.4) is 0 Å². The minimum Gasteiger partial charge on any atom is -0.480 e. The highest BCUT2D eigenvalue weighted by atomic mass is 16.4. The second-order valence-corrected chi connectivity index (χ2v) is 5.14. The Hall–Kier alpha value is -1.26. The Labute approximate surface area is 102 Å². The molecule has 1 aliphatic rings. The van der Waals surface area contributed by atoms with Gasteiger partial charge in [-0.25, -0.2) is 4.79 Å². The Bertz CT molecular complexity index is 287. The smallest absolute Gasteiger partial charge is 0.323 e. The third-order valence-corrected chi connectivity index (χ3v) is 2.91. The number of carbonyl (C=O) groups is 2. The minimum absolute atomic E-state index is 0.139. The molecule has 1 saturated carbocycles. The molecule has 0 aromatic heterocycles. The lowest BCUT2D eigenvalue weighted by molar-refractivity contribution is -0.137. The summed E-state index contributed by atoms with van der Waals surface area (Å²) in [6, 6.07) is -0.0179. The van der Waals surface area contributed by atoms with Crippen molar-refractivity contribution in [3.63, 3.8) is 0 Å². The molecule has 0 spiro atoms. The van der Waals surface area contributed by atoms with Crippen LogP contribution in [-0.4, -0.2) is 53.1 Å². The number of amides is 2. The van der Waals surface area contributed by atoms with Crippen LogP contribution >= 0.6 is 0 Å². The highest BCUT2D eigenvalue weighted by Crippen LogP contribution is 2.27. The molecule has 0 saturated heterocycles. The summed E-state index contributed by atoms with van der Waals surface area (Å²) >= 11 is 0. The topological polar surface area (TPSA) is 60.9 Å². The highest BCUT2D eigenvalue weighted by Gasteiger charge is 2.35. The maximum absolute atomic E-state index is 12.1. The van der Waals surface area contributed by atoms with Crippen LogP contribution in [-0.2, 0) is 4.79 Å². The van der Waals surface area contributed by atoms with Gasteiger partial charge in [0.2, 0.25) is 0 Å². The average Bonchev–Trinajstić information content (AvgIpc) is 3.04. The number of urea groups is 1. The van der Waals surface area contributed by atoms with E-state index in [1.807, 2.05) is 0 Å². The molecule has 5 nitrogen and oxygen atoms in total. The van der Waals surface area contributed by atoms with Crippen molar-refractivity contribution in [1.82, 2.24) is 9.80 Å². The van der Waals surface area contributed by atoms with Gasteiger partial charge in [-0.1, -0.05) is 13.8 Å². The van der Waals surface area contributed by atoms with Crippen LogP contribution in [0.5, 0.6) is 0 Å². The zero-order valence-corrected chi connectivity index (χ0v) is 10.8. The van der Waals surface area contributed by atoms with E-state index in [2.05, 4.69) is 13.8 Å². The first-order chi connectivity index (χ1) is 7.91. The van der Waals surface area contributed by atoms with E-state index < -0.39 is 5.97 Å². The fourth-order valence-electron chi connectivity index (χ4n) is 1.65. The van der Waals surface area contributed by atoms with Crippen molar-refractivity contribution in [2.45, 2.75) is 39.2 Å². The lowest BCUT2D eigenvalue weighted by Gasteiger charge is -2.27. The van der Waals surface area contributed by atoms with Crippen LogP contribution in [0.4, 0.5) is 4.79 Å². The number of carbonyl (C=O) groups excluding carboxylic acids is 1. The quantitative estimate of drug-likeness (QED) is 0.770. The summed E-state index contributed by atoms with van der Waals surface area (Å²) in [6.07, 6.45) is 2.79. The van der Waals surface area contributed by atoms with Gasteiger partial charge in [0.05, 0.1) is 0 Å². The summed E-state index contributed by atoms with van der Waals surface area (Å²) in [5, 5.41) is 8.80. The maximum Gasteiger partial charge on any atom is 0.323 e. The van der Waals surface area contributed by atoms with Crippen LogP contribution in [0.2, 0.25) is 0 Å². The van der Waals surface area contributed by atoms with Gasteiger partial charge in [-0.2, -0.15) is 0 Å². The standard InChI is InChI=1S/C12H22N2O3/c1-9(2)6-7-13(3)12(17)14(8-11(15)16)10-4-5-10/h9-10H,4-8H2,1-3H3,(H,15,16). The maximum atomic E-state index is 12.1. The summed E-state index contributed by atoms with van der Waals surface area (Å²) in [6.45, 7) is 4.71. The lowest BCUT2D eigenvalue weighted by atomic mass is 10.1. The zero-order valence-electron chi connectivity index (χ0n) is 10.8. The van der Waals surface area contributed by atoms with Crippen molar-refractivity contribution in [3.8, 4) is 0 Å². The van der Waals surface area contributed by atoms with Crippen molar-refractivity contribution in [2.75, 3.05) is 20.1 Å². The number of aliphatic carboxylic acids is 1. The first-order valence-corrected chi connectivity index (χ1v) is 6.15. The summed E-state index contributed by atoms with van der Waals surface area (Å²) < 4.78 is 0. The predicted molar refractivity (Wildman–Crippen MR) is 64.8 cm³/mol. The lowest BCUT2D eigenvalue weighted by Crippen LogP contribution is -2.45. The Morgan fingerprint density at radius 1 is 1.35 bits per heavy atom. The molecular weight excluding hydrogens is 220 g/mol. The van der Waals surface area contributed by atoms with Gasteiger partial charge in [0.15, 0.2) is 0 Å². The molecule has 0 atom stereocenters. The summed E-state index contributed by atoms with van der Waals surface area (Å²) in [7, 11) is 1.74. The third-order valence-electron chi connectivity index (χ3n) is 2.91. The van der Waals surface area contributed by atoms with E-state index in [0.29, 0.717) is 12.5 Å². The number of carboxylic acids is 1. The van der Waals surface area contributed by atoms with E-state index in [1.54, 1.807) is 11.9 Å². The fraction of sp³-hybridized carbons (Fsp3) is 0.833. The normalized spacial score (nSPS) is 14.8. The minimum atomic E-state index is -0.942. The molecule has 2 amide bonds. The first kappa shape index (κ1) is 13.8. The Kier molecular flexibility index (Phi) is 4.78. The molecule has 98 valence electrons. The Morgan fingerprint density at radius 3 is 2.35 bits per heavy atom. The van der Waals surface area contributed by atoms with Crippen LogP contribution < -0.4 is 0 Å². The number of nitrogens with zero attached hydrogens (tertiary/aromatic N) is 2. The molecule has 1 N–H and O–H groups in total. The van der Waals surface area contributed by atoms with Crippen LogP contribution in [0.25, 0.3) is 0 Å². The van der Waals surface area contributed by atoms with Crippen molar-refractivity contribution >= 4 is 12.0 Å². The van der Waals surface area contributed by atoms with Crippen LogP contribution in [0.15, 0.2) is 0 Å². The van der Waals surface area contributed by atoms with Gasteiger partial charge >= 0.3 is 12.0 Å². The van der Waals surface area contributed by atoms with Gasteiger partial charge in [-0.05, 0) is 25.2 Å². The first-order valence-electron chi connectivity index (χ1n) is 6.15. The van der Waals surface area contributed by atoms with Gasteiger partial charge in [0, 0.05) is 19.6 Å². The van der Waals surface area contributed by atoms with Gasteiger partial charge in [0.25, 0.3) is 0 Å². The molecule has 0 radical (unpaired) electrons. The van der Waals surface area contributed by atoms with Crippen LogP contribution in [0.1, 0.15) is 33.1 Å². The van der Waals surface area contributed by atoms with E-state index in [0.717, 1.165) is 19.3 Å². The fourth-order valence-corrected chi connectivity index (χ4v) is 1.65. The van der Waals surface area contributed by atoms with Crippen molar-refractivity contribution in [1.29, 1.82) is 0 Å². The van der Waals surface area contributed by atoms with Crippen molar-refractivity contribution in [3.05, 3.63) is 0 Å². The molecule has 0 bridgehead atoms. The molecule has 0 aromatic rings.